The van der Waals surface area contributed by atoms with E-state index in [-0.39, 0.29) is 11.7 Å². The van der Waals surface area contributed by atoms with Crippen LogP contribution >= 0.6 is 0 Å². The van der Waals surface area contributed by atoms with Crippen LogP contribution in [-0.2, 0) is 9.59 Å². The van der Waals surface area contributed by atoms with E-state index in [1.165, 1.54) is 0 Å². The second-order valence-corrected chi connectivity index (χ2v) is 9.15. The number of carbonyl (C=O) groups excluding carboxylic acids is 2. The van der Waals surface area contributed by atoms with Crippen LogP contribution in [0.25, 0.3) is 0 Å². The first-order chi connectivity index (χ1) is 17.0. The molecule has 0 atom stereocenters. The van der Waals surface area contributed by atoms with Gasteiger partial charge in [0.1, 0.15) is 17.2 Å². The summed E-state index contributed by atoms with van der Waals surface area (Å²) in [5.74, 6) is 0.0955. The third kappa shape index (κ3) is 5.41. The Balaban J connectivity index is 2.25. The molecule has 0 amide bonds. The van der Waals surface area contributed by atoms with Gasteiger partial charge in [0, 0.05) is 18.1 Å². The zero-order valence-electron chi connectivity index (χ0n) is 21.7. The van der Waals surface area contributed by atoms with E-state index in [2.05, 4.69) is 13.2 Å². The molecule has 5 heteroatoms. The number of hydrogen-bond acceptors (Lipinski definition) is 5. The molecule has 5 nitrogen and oxygen atoms in total. The third-order valence-electron chi connectivity index (χ3n) is 6.22. The molecular formula is C31H32O5. The van der Waals surface area contributed by atoms with Crippen LogP contribution in [0.4, 0.5) is 0 Å². The zero-order valence-corrected chi connectivity index (χ0v) is 21.7. The van der Waals surface area contributed by atoms with Gasteiger partial charge < -0.3 is 14.6 Å². The molecule has 1 N–H and O–H groups in total. The molecule has 0 aliphatic heterocycles. The fourth-order valence-corrected chi connectivity index (χ4v) is 4.64. The molecule has 0 spiro atoms. The molecule has 0 aliphatic rings. The van der Waals surface area contributed by atoms with Crippen molar-refractivity contribution in [1.82, 2.24) is 0 Å². The molecule has 3 rings (SSSR count). The van der Waals surface area contributed by atoms with E-state index < -0.39 is 11.9 Å². The van der Waals surface area contributed by atoms with Gasteiger partial charge in [-0.15, -0.1) is 0 Å². The maximum Gasteiger partial charge on any atom is 0.335 e. The lowest BCUT2D eigenvalue weighted by Gasteiger charge is -2.24. The van der Waals surface area contributed by atoms with Gasteiger partial charge >= 0.3 is 11.9 Å². The highest BCUT2D eigenvalue weighted by Gasteiger charge is 2.23. The lowest BCUT2D eigenvalue weighted by molar-refractivity contribution is -0.129. The van der Waals surface area contributed by atoms with E-state index in [0.29, 0.717) is 11.5 Å². The fourth-order valence-electron chi connectivity index (χ4n) is 4.64. The second kappa shape index (κ2) is 10.6. The van der Waals surface area contributed by atoms with E-state index in [4.69, 9.17) is 9.47 Å². The van der Waals surface area contributed by atoms with Crippen molar-refractivity contribution in [3.8, 4) is 17.2 Å². The standard InChI is InChI=1S/C31H32O5/c1-9-26(32)35-30-19(5)13-24(14-20(30)6)28(23-11-17(3)29(34)18(4)12-23)25-15-21(7)31(22(8)16-25)36-27(33)10-2/h9-16,28,34H,1-2H2,3-8H3. The summed E-state index contributed by atoms with van der Waals surface area (Å²) in [6.07, 6.45) is 2.29. The minimum Gasteiger partial charge on any atom is -0.507 e. The first kappa shape index (κ1) is 26.5. The van der Waals surface area contributed by atoms with E-state index in [1.807, 2.05) is 77.9 Å². The van der Waals surface area contributed by atoms with E-state index in [0.717, 1.165) is 62.2 Å². The molecule has 0 saturated carbocycles. The molecule has 0 fully saturated rings. The summed E-state index contributed by atoms with van der Waals surface area (Å²) in [4.78, 5) is 23.7. The molecule has 36 heavy (non-hydrogen) atoms. The summed E-state index contributed by atoms with van der Waals surface area (Å²) in [7, 11) is 0. The highest BCUT2D eigenvalue weighted by atomic mass is 16.5. The lowest BCUT2D eigenvalue weighted by Crippen LogP contribution is -2.10. The Morgan fingerprint density at radius 3 is 1.19 bits per heavy atom. The number of carbonyl (C=O) groups is 2. The number of aryl methyl sites for hydroxylation is 6. The first-order valence-electron chi connectivity index (χ1n) is 11.7. The number of aromatic hydroxyl groups is 1. The van der Waals surface area contributed by atoms with Crippen molar-refractivity contribution < 1.29 is 24.2 Å². The Hall–Kier alpha value is -4.12. The third-order valence-corrected chi connectivity index (χ3v) is 6.22. The lowest BCUT2D eigenvalue weighted by atomic mass is 9.81. The predicted octanol–water partition coefficient (Wildman–Crippen LogP) is 6.61. The van der Waals surface area contributed by atoms with Gasteiger partial charge in [0.15, 0.2) is 0 Å². The number of rotatable bonds is 7. The van der Waals surface area contributed by atoms with Crippen molar-refractivity contribution in [3.05, 3.63) is 112 Å². The molecule has 0 bridgehead atoms. The Labute approximate surface area is 212 Å². The summed E-state index contributed by atoms with van der Waals surface area (Å²) in [5, 5.41) is 10.4. The van der Waals surface area contributed by atoms with Crippen LogP contribution < -0.4 is 9.47 Å². The molecule has 0 saturated heterocycles. The highest BCUT2D eigenvalue weighted by molar-refractivity contribution is 5.84. The van der Waals surface area contributed by atoms with Crippen LogP contribution in [0.2, 0.25) is 0 Å². The molecule has 0 aromatic heterocycles. The fraction of sp³-hybridized carbons (Fsp3) is 0.226. The van der Waals surface area contributed by atoms with Crippen molar-refractivity contribution in [1.29, 1.82) is 0 Å². The topological polar surface area (TPSA) is 72.8 Å². The van der Waals surface area contributed by atoms with Gasteiger partial charge in [-0.05, 0) is 91.6 Å². The molecular weight excluding hydrogens is 452 g/mol. The van der Waals surface area contributed by atoms with Gasteiger partial charge in [-0.1, -0.05) is 49.6 Å². The van der Waals surface area contributed by atoms with Gasteiger partial charge in [-0.2, -0.15) is 0 Å². The number of benzene rings is 3. The van der Waals surface area contributed by atoms with Crippen LogP contribution in [-0.4, -0.2) is 17.0 Å². The Kier molecular flexibility index (Phi) is 7.83. The van der Waals surface area contributed by atoms with E-state index in [1.54, 1.807) is 0 Å². The average molecular weight is 485 g/mol. The minimum atomic E-state index is -0.508. The van der Waals surface area contributed by atoms with E-state index in [9.17, 15) is 14.7 Å². The van der Waals surface area contributed by atoms with Crippen molar-refractivity contribution in [2.45, 2.75) is 47.5 Å². The van der Waals surface area contributed by atoms with Gasteiger partial charge in [-0.3, -0.25) is 0 Å². The van der Waals surface area contributed by atoms with Gasteiger partial charge in [-0.25, -0.2) is 9.59 Å². The number of esters is 2. The Bertz CT molecular complexity index is 1230. The number of phenols is 1. The first-order valence-corrected chi connectivity index (χ1v) is 11.7. The molecule has 0 radical (unpaired) electrons. The van der Waals surface area contributed by atoms with Crippen LogP contribution in [0.5, 0.6) is 17.2 Å². The molecule has 3 aromatic carbocycles. The number of ether oxygens (including phenoxy) is 2. The summed E-state index contributed by atoms with van der Waals surface area (Å²) < 4.78 is 11.0. The molecule has 186 valence electrons. The monoisotopic (exact) mass is 484 g/mol. The average Bonchev–Trinajstić information content (AvgIpc) is 2.82. The minimum absolute atomic E-state index is 0.189. The molecule has 3 aromatic rings. The van der Waals surface area contributed by atoms with Gasteiger partial charge in [0.2, 0.25) is 0 Å². The van der Waals surface area contributed by atoms with Crippen LogP contribution in [0.15, 0.2) is 61.7 Å². The summed E-state index contributed by atoms with van der Waals surface area (Å²) in [6, 6.07) is 12.0. The predicted molar refractivity (Wildman–Crippen MR) is 142 cm³/mol. The largest absolute Gasteiger partial charge is 0.507 e. The highest BCUT2D eigenvalue weighted by Crippen LogP contribution is 2.40. The van der Waals surface area contributed by atoms with Crippen molar-refractivity contribution in [2.75, 3.05) is 0 Å². The smallest absolute Gasteiger partial charge is 0.335 e. The number of hydrogen-bond donors (Lipinski definition) is 1. The maximum atomic E-state index is 11.9. The molecule has 0 heterocycles. The second-order valence-electron chi connectivity index (χ2n) is 9.15. The quantitative estimate of drug-likeness (QED) is 0.177. The van der Waals surface area contributed by atoms with Crippen molar-refractivity contribution in [3.63, 3.8) is 0 Å². The van der Waals surface area contributed by atoms with Crippen LogP contribution in [0.1, 0.15) is 56.0 Å². The molecule has 0 aliphatic carbocycles. The Morgan fingerprint density at radius 1 is 0.639 bits per heavy atom. The van der Waals surface area contributed by atoms with Crippen molar-refractivity contribution >= 4 is 11.9 Å². The number of phenolic OH excluding ortho intramolecular Hbond substituents is 1. The van der Waals surface area contributed by atoms with Crippen LogP contribution in [0, 0.1) is 41.5 Å². The summed E-state index contributed by atoms with van der Waals surface area (Å²) in [5.41, 5.74) is 7.86. The summed E-state index contributed by atoms with van der Waals surface area (Å²) >= 11 is 0. The SMILES string of the molecule is C=CC(=O)Oc1c(C)cc(C(c2cc(C)c(O)c(C)c2)c2cc(C)c(OC(=O)C=C)c(C)c2)cc1C. The van der Waals surface area contributed by atoms with Gasteiger partial charge in [0.25, 0.3) is 0 Å². The van der Waals surface area contributed by atoms with Gasteiger partial charge in [0.05, 0.1) is 0 Å². The Morgan fingerprint density at radius 2 is 0.917 bits per heavy atom. The summed E-state index contributed by atoms with van der Waals surface area (Å²) in [6.45, 7) is 18.3. The maximum absolute atomic E-state index is 11.9. The molecule has 0 unspecified atom stereocenters. The van der Waals surface area contributed by atoms with E-state index >= 15 is 0 Å². The normalized spacial score (nSPS) is 10.8. The van der Waals surface area contributed by atoms with Crippen molar-refractivity contribution in [2.24, 2.45) is 0 Å². The van der Waals surface area contributed by atoms with Crippen LogP contribution in [0.3, 0.4) is 0 Å². The zero-order chi connectivity index (χ0) is 26.7.